The van der Waals surface area contributed by atoms with Crippen LogP contribution in [-0.2, 0) is 18.9 Å². The molecule has 0 atom stereocenters. The van der Waals surface area contributed by atoms with E-state index in [2.05, 4.69) is 15.6 Å². The number of rotatable bonds is 4. The fourth-order valence-electron chi connectivity index (χ4n) is 3.03. The standard InChI is InChI=1S/C16H15F6N5O2/c17-15(18,19)10-5-9(6-11(7-10)16(20,21)22)8-27-13(12(14(28)29)24-25-27)26-3-1-23-2-4-26/h5-7,23H,1-4,8H2,(H,28,29). The zero-order chi connectivity index (χ0) is 21.4. The first-order valence-corrected chi connectivity index (χ1v) is 8.37. The summed E-state index contributed by atoms with van der Waals surface area (Å²) in [5, 5.41) is 19.6. The van der Waals surface area contributed by atoms with Crippen LogP contribution in [0.3, 0.4) is 0 Å². The number of alkyl halides is 6. The second-order valence-electron chi connectivity index (χ2n) is 6.38. The van der Waals surface area contributed by atoms with Gasteiger partial charge < -0.3 is 15.3 Å². The number of anilines is 1. The molecule has 0 radical (unpaired) electrons. The van der Waals surface area contributed by atoms with Gasteiger partial charge in [0.2, 0.25) is 5.69 Å². The highest BCUT2D eigenvalue weighted by molar-refractivity contribution is 5.91. The van der Waals surface area contributed by atoms with E-state index in [9.17, 15) is 36.2 Å². The third kappa shape index (κ3) is 4.60. The number of hydrogen-bond acceptors (Lipinski definition) is 5. The summed E-state index contributed by atoms with van der Waals surface area (Å²) in [5.41, 5.74) is -3.66. The van der Waals surface area contributed by atoms with Crippen LogP contribution in [0.5, 0.6) is 0 Å². The molecule has 13 heteroatoms. The molecule has 1 aromatic carbocycles. The third-order valence-electron chi connectivity index (χ3n) is 4.31. The van der Waals surface area contributed by atoms with Crippen molar-refractivity contribution in [2.24, 2.45) is 0 Å². The van der Waals surface area contributed by atoms with Gasteiger partial charge in [-0.3, -0.25) is 0 Å². The summed E-state index contributed by atoms with van der Waals surface area (Å²) in [6.07, 6.45) is -9.96. The largest absolute Gasteiger partial charge is 0.476 e. The van der Waals surface area contributed by atoms with E-state index in [1.165, 1.54) is 0 Å². The number of piperazine rings is 1. The van der Waals surface area contributed by atoms with Gasteiger partial charge in [0.1, 0.15) is 0 Å². The van der Waals surface area contributed by atoms with E-state index in [1.54, 1.807) is 4.90 Å². The maximum absolute atomic E-state index is 13.1. The SMILES string of the molecule is O=C(O)c1nnn(Cc2cc(C(F)(F)F)cc(C(F)(F)F)c2)c1N1CCNCC1. The Balaban J connectivity index is 2.04. The summed E-state index contributed by atoms with van der Waals surface area (Å²) in [5.74, 6) is -1.37. The number of carbonyl (C=O) groups is 1. The van der Waals surface area contributed by atoms with Gasteiger partial charge in [-0.05, 0) is 23.8 Å². The zero-order valence-electron chi connectivity index (χ0n) is 14.7. The fraction of sp³-hybridized carbons (Fsp3) is 0.438. The minimum absolute atomic E-state index is 0.0324. The molecule has 1 aromatic heterocycles. The van der Waals surface area contributed by atoms with Gasteiger partial charge in [-0.2, -0.15) is 26.3 Å². The number of carboxylic acid groups (broad SMARTS) is 1. The van der Waals surface area contributed by atoms with Crippen molar-refractivity contribution < 1.29 is 36.2 Å². The number of nitrogens with one attached hydrogen (secondary N) is 1. The Hall–Kier alpha value is -2.83. The summed E-state index contributed by atoms with van der Waals surface area (Å²) >= 11 is 0. The molecule has 0 aliphatic carbocycles. The molecule has 7 nitrogen and oxygen atoms in total. The summed E-state index contributed by atoms with van der Waals surface area (Å²) in [7, 11) is 0. The Morgan fingerprint density at radius 1 is 1.03 bits per heavy atom. The predicted molar refractivity (Wildman–Crippen MR) is 87.6 cm³/mol. The monoisotopic (exact) mass is 423 g/mol. The quantitative estimate of drug-likeness (QED) is 0.736. The van der Waals surface area contributed by atoms with E-state index in [4.69, 9.17) is 0 Å². The van der Waals surface area contributed by atoms with Gasteiger partial charge >= 0.3 is 18.3 Å². The van der Waals surface area contributed by atoms with E-state index in [1.807, 2.05) is 0 Å². The fourth-order valence-corrected chi connectivity index (χ4v) is 3.03. The van der Waals surface area contributed by atoms with Gasteiger partial charge in [0, 0.05) is 26.2 Å². The molecular formula is C16H15F6N5O2. The second-order valence-corrected chi connectivity index (χ2v) is 6.38. The number of aromatic carboxylic acids is 1. The van der Waals surface area contributed by atoms with Crippen molar-refractivity contribution in [3.05, 3.63) is 40.6 Å². The van der Waals surface area contributed by atoms with Crippen LogP contribution in [0.15, 0.2) is 18.2 Å². The number of halogens is 6. The van der Waals surface area contributed by atoms with Crippen LogP contribution in [0.1, 0.15) is 27.2 Å². The van der Waals surface area contributed by atoms with Gasteiger partial charge in [0.25, 0.3) is 0 Å². The molecule has 1 aliphatic rings. The molecule has 2 N–H and O–H groups in total. The van der Waals surface area contributed by atoms with Crippen molar-refractivity contribution in [2.75, 3.05) is 31.1 Å². The Morgan fingerprint density at radius 3 is 2.07 bits per heavy atom. The maximum Gasteiger partial charge on any atom is 0.416 e. The number of nitrogens with zero attached hydrogens (tertiary/aromatic N) is 4. The average molecular weight is 423 g/mol. The van der Waals surface area contributed by atoms with E-state index in [0.717, 1.165) is 4.68 Å². The van der Waals surface area contributed by atoms with Crippen LogP contribution in [0, 0.1) is 0 Å². The first-order chi connectivity index (χ1) is 13.5. The maximum atomic E-state index is 13.1. The lowest BCUT2D eigenvalue weighted by atomic mass is 10.0. The molecule has 0 unspecified atom stereocenters. The van der Waals surface area contributed by atoms with Crippen molar-refractivity contribution in [3.8, 4) is 0 Å². The topological polar surface area (TPSA) is 83.3 Å². The molecule has 158 valence electrons. The Kier molecular flexibility index (Phi) is 5.43. The highest BCUT2D eigenvalue weighted by Gasteiger charge is 2.37. The van der Waals surface area contributed by atoms with Gasteiger partial charge in [-0.25, -0.2) is 9.48 Å². The Bertz CT molecular complexity index is 870. The van der Waals surface area contributed by atoms with E-state index in [0.29, 0.717) is 38.3 Å². The molecule has 0 amide bonds. The van der Waals surface area contributed by atoms with Crippen LogP contribution in [-0.4, -0.2) is 52.2 Å². The summed E-state index contributed by atoms with van der Waals surface area (Å²) in [6.45, 7) is 1.29. The van der Waals surface area contributed by atoms with Crippen molar-refractivity contribution in [1.82, 2.24) is 20.3 Å². The molecule has 29 heavy (non-hydrogen) atoms. The smallest absolute Gasteiger partial charge is 0.416 e. The minimum atomic E-state index is -4.98. The lowest BCUT2D eigenvalue weighted by Gasteiger charge is -2.29. The minimum Gasteiger partial charge on any atom is -0.476 e. The Morgan fingerprint density at radius 2 is 1.59 bits per heavy atom. The van der Waals surface area contributed by atoms with Crippen molar-refractivity contribution in [3.63, 3.8) is 0 Å². The van der Waals surface area contributed by atoms with Crippen LogP contribution in [0.4, 0.5) is 32.2 Å². The van der Waals surface area contributed by atoms with Gasteiger partial charge in [-0.1, -0.05) is 5.21 Å². The van der Waals surface area contributed by atoms with E-state index < -0.39 is 41.7 Å². The van der Waals surface area contributed by atoms with Crippen molar-refractivity contribution in [2.45, 2.75) is 18.9 Å². The molecule has 2 heterocycles. The number of hydrogen-bond donors (Lipinski definition) is 2. The lowest BCUT2D eigenvalue weighted by Crippen LogP contribution is -2.45. The van der Waals surface area contributed by atoms with Crippen LogP contribution >= 0.6 is 0 Å². The van der Waals surface area contributed by atoms with Crippen LogP contribution in [0.25, 0.3) is 0 Å². The second kappa shape index (κ2) is 7.54. The van der Waals surface area contributed by atoms with E-state index >= 15 is 0 Å². The normalized spacial score (nSPS) is 15.6. The van der Waals surface area contributed by atoms with Gasteiger partial charge in [0.15, 0.2) is 5.82 Å². The average Bonchev–Trinajstić information content (AvgIpc) is 3.04. The molecule has 1 saturated heterocycles. The molecule has 0 bridgehead atoms. The van der Waals surface area contributed by atoms with Crippen LogP contribution < -0.4 is 10.2 Å². The lowest BCUT2D eigenvalue weighted by molar-refractivity contribution is -0.143. The molecule has 0 spiro atoms. The molecule has 1 fully saturated rings. The third-order valence-corrected chi connectivity index (χ3v) is 4.31. The highest BCUT2D eigenvalue weighted by Crippen LogP contribution is 2.36. The molecule has 1 aliphatic heterocycles. The number of benzene rings is 1. The number of aromatic nitrogens is 3. The summed E-state index contributed by atoms with van der Waals surface area (Å²) < 4.78 is 79.4. The van der Waals surface area contributed by atoms with Gasteiger partial charge in [-0.15, -0.1) is 5.10 Å². The first kappa shape index (κ1) is 20.9. The summed E-state index contributed by atoms with van der Waals surface area (Å²) in [4.78, 5) is 13.1. The molecule has 2 aromatic rings. The predicted octanol–water partition coefficient (Wildman–Crippen LogP) is 2.47. The zero-order valence-corrected chi connectivity index (χ0v) is 14.7. The molecular weight excluding hydrogens is 408 g/mol. The van der Waals surface area contributed by atoms with Crippen molar-refractivity contribution in [1.29, 1.82) is 0 Å². The molecule has 3 rings (SSSR count). The number of carboxylic acids is 1. The highest BCUT2D eigenvalue weighted by atomic mass is 19.4. The summed E-state index contributed by atoms with van der Waals surface area (Å²) in [6, 6.07) is 1.20. The van der Waals surface area contributed by atoms with Gasteiger partial charge in [0.05, 0.1) is 17.7 Å². The molecule has 0 saturated carbocycles. The Labute approximate surface area is 159 Å². The van der Waals surface area contributed by atoms with Crippen LogP contribution in [0.2, 0.25) is 0 Å². The van der Waals surface area contributed by atoms with Crippen molar-refractivity contribution >= 4 is 11.8 Å². The first-order valence-electron chi connectivity index (χ1n) is 8.37. The van der Waals surface area contributed by atoms with E-state index in [-0.39, 0.29) is 17.4 Å².